The molecule has 0 aromatic heterocycles. The van der Waals surface area contributed by atoms with E-state index in [2.05, 4.69) is 6.92 Å². The van der Waals surface area contributed by atoms with E-state index in [0.29, 0.717) is 17.4 Å². The summed E-state index contributed by atoms with van der Waals surface area (Å²) >= 11 is 1.76. The second-order valence-electron chi connectivity index (χ2n) is 6.46. The summed E-state index contributed by atoms with van der Waals surface area (Å²) in [5.74, 6) is -0.178. The van der Waals surface area contributed by atoms with Crippen molar-refractivity contribution in [3.8, 4) is 0 Å². The number of hydrogen-bond acceptors (Lipinski definition) is 4. The Labute approximate surface area is 159 Å². The molecule has 0 unspecified atom stereocenters. The van der Waals surface area contributed by atoms with Crippen molar-refractivity contribution in [2.24, 2.45) is 0 Å². The van der Waals surface area contributed by atoms with E-state index in [1.807, 2.05) is 24.3 Å². The summed E-state index contributed by atoms with van der Waals surface area (Å²) in [4.78, 5) is 16.1. The quantitative estimate of drug-likeness (QED) is 0.805. The molecule has 0 N–H and O–H groups in total. The maximum Gasteiger partial charge on any atom is 0.258 e. The highest BCUT2D eigenvalue weighted by molar-refractivity contribution is 8.00. The van der Waals surface area contributed by atoms with E-state index >= 15 is 0 Å². The Hall–Kier alpha value is -1.83. The summed E-state index contributed by atoms with van der Waals surface area (Å²) in [5.41, 5.74) is 1.26. The number of hydrogen-bond donors (Lipinski definition) is 0. The smallest absolute Gasteiger partial charge is 0.258 e. The number of sulfonamides is 1. The molecule has 26 heavy (non-hydrogen) atoms. The Balaban J connectivity index is 2.00. The van der Waals surface area contributed by atoms with Gasteiger partial charge in [0.05, 0.1) is 10.6 Å². The summed E-state index contributed by atoms with van der Waals surface area (Å²) in [6, 6.07) is 14.1. The fourth-order valence-electron chi connectivity index (χ4n) is 2.85. The minimum Gasteiger partial charge on any atom is -0.307 e. The van der Waals surface area contributed by atoms with Crippen LogP contribution in [0, 0.1) is 0 Å². The van der Waals surface area contributed by atoms with Crippen LogP contribution in [0.4, 0.5) is 5.69 Å². The second kappa shape index (κ2) is 7.42. The first-order valence-corrected chi connectivity index (χ1v) is 10.7. The molecular formula is C19H22N2O3S2. The standard InChI is InChI=1S/C19H22N2O3S2/c1-14-11-12-21(17-9-4-5-10-18(17)25-14)19(22)15-7-6-8-16(13-15)26(23,24)20(2)3/h4-10,13-14H,11-12H2,1-3H3/t14-/m1/s1. The Morgan fingerprint density at radius 1 is 1.15 bits per heavy atom. The van der Waals surface area contributed by atoms with Crippen LogP contribution >= 0.6 is 11.8 Å². The minimum atomic E-state index is -3.58. The molecule has 3 rings (SSSR count). The number of carbonyl (C=O) groups is 1. The van der Waals surface area contributed by atoms with Crippen LogP contribution in [0.5, 0.6) is 0 Å². The first-order valence-electron chi connectivity index (χ1n) is 8.41. The summed E-state index contributed by atoms with van der Waals surface area (Å²) in [7, 11) is -0.622. The van der Waals surface area contributed by atoms with Gasteiger partial charge >= 0.3 is 0 Å². The largest absolute Gasteiger partial charge is 0.307 e. The molecule has 1 heterocycles. The molecule has 0 saturated carbocycles. The van der Waals surface area contributed by atoms with Crippen molar-refractivity contribution in [1.29, 1.82) is 0 Å². The zero-order chi connectivity index (χ0) is 18.9. The van der Waals surface area contributed by atoms with Gasteiger partial charge in [-0.3, -0.25) is 4.79 Å². The van der Waals surface area contributed by atoms with Crippen molar-refractivity contribution in [2.75, 3.05) is 25.5 Å². The van der Waals surface area contributed by atoms with Gasteiger partial charge < -0.3 is 4.90 Å². The Bertz CT molecular complexity index is 926. The number of carbonyl (C=O) groups excluding carboxylic acids is 1. The summed E-state index contributed by atoms with van der Waals surface area (Å²) in [5, 5.41) is 0.411. The number of benzene rings is 2. The summed E-state index contributed by atoms with van der Waals surface area (Å²) in [6.45, 7) is 2.76. The summed E-state index contributed by atoms with van der Waals surface area (Å²) < 4.78 is 25.9. The number of thioether (sulfide) groups is 1. The van der Waals surface area contributed by atoms with Gasteiger partial charge in [0.15, 0.2) is 0 Å². The molecule has 1 aliphatic rings. The van der Waals surface area contributed by atoms with E-state index in [1.165, 1.54) is 26.2 Å². The van der Waals surface area contributed by atoms with Crippen molar-refractivity contribution < 1.29 is 13.2 Å². The fourth-order valence-corrected chi connectivity index (χ4v) is 4.91. The van der Waals surface area contributed by atoms with Gasteiger partial charge in [0.25, 0.3) is 5.91 Å². The molecule has 1 atom stereocenters. The van der Waals surface area contributed by atoms with Crippen molar-refractivity contribution in [1.82, 2.24) is 4.31 Å². The number of rotatable bonds is 3. The fraction of sp³-hybridized carbons (Fsp3) is 0.316. The predicted molar refractivity (Wildman–Crippen MR) is 105 cm³/mol. The van der Waals surface area contributed by atoms with Crippen LogP contribution in [-0.2, 0) is 10.0 Å². The van der Waals surface area contributed by atoms with E-state index in [9.17, 15) is 13.2 Å². The van der Waals surface area contributed by atoms with Gasteiger partial charge in [-0.15, -0.1) is 11.8 Å². The van der Waals surface area contributed by atoms with Crippen LogP contribution < -0.4 is 4.90 Å². The van der Waals surface area contributed by atoms with Crippen LogP contribution in [0.2, 0.25) is 0 Å². The molecule has 1 aliphatic heterocycles. The molecule has 0 fully saturated rings. The third kappa shape index (κ3) is 3.65. The van der Waals surface area contributed by atoms with Gasteiger partial charge in [-0.2, -0.15) is 0 Å². The van der Waals surface area contributed by atoms with Gasteiger partial charge in [0.1, 0.15) is 0 Å². The molecule has 0 saturated heterocycles. The van der Waals surface area contributed by atoms with Crippen molar-refractivity contribution in [2.45, 2.75) is 28.4 Å². The SMILES string of the molecule is C[C@@H]1CCN(C(=O)c2cccc(S(=O)(=O)N(C)C)c2)c2ccccc2S1. The predicted octanol–water partition coefficient (Wildman–Crippen LogP) is 3.47. The first kappa shape index (κ1) is 18.9. The number of amides is 1. The number of para-hydroxylation sites is 1. The molecular weight excluding hydrogens is 368 g/mol. The van der Waals surface area contributed by atoms with Gasteiger partial charge in [0, 0.05) is 36.3 Å². The maximum atomic E-state index is 13.2. The lowest BCUT2D eigenvalue weighted by Gasteiger charge is -2.23. The van der Waals surface area contributed by atoms with Crippen LogP contribution in [0.25, 0.3) is 0 Å². The molecule has 138 valence electrons. The van der Waals surface area contributed by atoms with Gasteiger partial charge in [-0.25, -0.2) is 12.7 Å². The lowest BCUT2D eigenvalue weighted by molar-refractivity contribution is 0.0986. The van der Waals surface area contributed by atoms with Gasteiger partial charge in [-0.1, -0.05) is 25.1 Å². The average Bonchev–Trinajstić information content (AvgIpc) is 2.79. The minimum absolute atomic E-state index is 0.124. The molecule has 0 aliphatic carbocycles. The number of fused-ring (bicyclic) bond motifs is 1. The highest BCUT2D eigenvalue weighted by Gasteiger charge is 2.26. The van der Waals surface area contributed by atoms with Gasteiger partial charge in [0.2, 0.25) is 10.0 Å². The van der Waals surface area contributed by atoms with E-state index < -0.39 is 10.0 Å². The molecule has 0 spiro atoms. The van der Waals surface area contributed by atoms with Crippen LogP contribution in [0.15, 0.2) is 58.3 Å². The van der Waals surface area contributed by atoms with Crippen molar-refractivity contribution >= 4 is 33.4 Å². The molecule has 7 heteroatoms. The van der Waals surface area contributed by atoms with E-state index in [1.54, 1.807) is 28.8 Å². The van der Waals surface area contributed by atoms with E-state index in [-0.39, 0.29) is 10.8 Å². The van der Waals surface area contributed by atoms with Crippen LogP contribution in [0.1, 0.15) is 23.7 Å². The summed E-state index contributed by atoms with van der Waals surface area (Å²) in [6.07, 6.45) is 0.876. The lowest BCUT2D eigenvalue weighted by Crippen LogP contribution is -2.32. The monoisotopic (exact) mass is 390 g/mol. The van der Waals surface area contributed by atoms with Gasteiger partial charge in [-0.05, 0) is 36.8 Å². The highest BCUT2D eigenvalue weighted by atomic mass is 32.2. The lowest BCUT2D eigenvalue weighted by atomic mass is 10.1. The maximum absolute atomic E-state index is 13.2. The molecule has 0 radical (unpaired) electrons. The zero-order valence-corrected chi connectivity index (χ0v) is 16.7. The Morgan fingerprint density at radius 3 is 2.62 bits per heavy atom. The number of nitrogens with zero attached hydrogens (tertiary/aromatic N) is 2. The van der Waals surface area contributed by atoms with E-state index in [0.717, 1.165) is 21.3 Å². The Morgan fingerprint density at radius 2 is 1.88 bits per heavy atom. The average molecular weight is 391 g/mol. The molecule has 1 amide bonds. The molecule has 0 bridgehead atoms. The number of anilines is 1. The second-order valence-corrected chi connectivity index (χ2v) is 10.1. The van der Waals surface area contributed by atoms with E-state index in [4.69, 9.17) is 0 Å². The highest BCUT2D eigenvalue weighted by Crippen LogP contribution is 2.37. The van der Waals surface area contributed by atoms with Crippen molar-refractivity contribution in [3.05, 3.63) is 54.1 Å². The van der Waals surface area contributed by atoms with Crippen LogP contribution in [-0.4, -0.2) is 44.5 Å². The normalized spacial score (nSPS) is 17.7. The molecule has 2 aromatic rings. The third-order valence-electron chi connectivity index (χ3n) is 4.35. The topological polar surface area (TPSA) is 57.7 Å². The van der Waals surface area contributed by atoms with Crippen LogP contribution in [0.3, 0.4) is 0 Å². The van der Waals surface area contributed by atoms with Crippen molar-refractivity contribution in [3.63, 3.8) is 0 Å². The third-order valence-corrected chi connectivity index (χ3v) is 7.40. The molecule has 2 aromatic carbocycles. The first-order chi connectivity index (χ1) is 12.3. The molecule has 5 nitrogen and oxygen atoms in total. The zero-order valence-electron chi connectivity index (χ0n) is 15.0. The Kier molecular flexibility index (Phi) is 5.41.